The molecule has 2 aromatic carbocycles. The van der Waals surface area contributed by atoms with Crippen LogP contribution in [0, 0.1) is 6.92 Å². The third kappa shape index (κ3) is 5.63. The molecule has 0 saturated heterocycles. The van der Waals surface area contributed by atoms with Gasteiger partial charge in [-0.3, -0.25) is 25.2 Å². The van der Waals surface area contributed by atoms with Gasteiger partial charge in [0.15, 0.2) is 11.5 Å². The van der Waals surface area contributed by atoms with Crippen LogP contribution in [0.2, 0.25) is 0 Å². The molecule has 0 aromatic heterocycles. The maximum absolute atomic E-state index is 12.3. The highest BCUT2D eigenvalue weighted by molar-refractivity contribution is 5.97. The number of aryl methyl sites for hydroxylation is 1. The molecule has 0 atom stereocenters. The Morgan fingerprint density at radius 3 is 2.07 bits per heavy atom. The summed E-state index contributed by atoms with van der Waals surface area (Å²) in [5.74, 6) is -0.306. The van der Waals surface area contributed by atoms with Gasteiger partial charge in [0.2, 0.25) is 11.7 Å². The highest BCUT2D eigenvalue weighted by atomic mass is 16.5. The van der Waals surface area contributed by atoms with Gasteiger partial charge in [0.1, 0.15) is 0 Å². The number of rotatable bonds is 8. The van der Waals surface area contributed by atoms with Crippen molar-refractivity contribution in [2.45, 2.75) is 13.3 Å². The molecular weight excluding hydrogens is 390 g/mol. The first kappa shape index (κ1) is 22.5. The van der Waals surface area contributed by atoms with E-state index in [1.54, 1.807) is 12.1 Å². The smallest absolute Gasteiger partial charge is 0.269 e. The van der Waals surface area contributed by atoms with Gasteiger partial charge in [-0.25, -0.2) is 0 Å². The van der Waals surface area contributed by atoms with Crippen molar-refractivity contribution >= 4 is 17.7 Å². The predicted octanol–water partition coefficient (Wildman–Crippen LogP) is 1.60. The molecule has 160 valence electrons. The predicted molar refractivity (Wildman–Crippen MR) is 110 cm³/mol. The largest absolute Gasteiger partial charge is 0.493 e. The molecule has 2 aromatic rings. The summed E-state index contributed by atoms with van der Waals surface area (Å²) in [4.78, 5) is 36.4. The average Bonchev–Trinajstić information content (AvgIpc) is 2.76. The van der Waals surface area contributed by atoms with Crippen molar-refractivity contribution in [1.82, 2.24) is 16.2 Å². The molecule has 9 heteroatoms. The SMILES string of the molecule is COc1cc(C(=O)NNC(=O)CCNC(=O)c2ccccc2C)cc(OC)c1OC. The standard InChI is InChI=1S/C21H25N3O6/c1-13-7-5-6-8-15(13)21(27)22-10-9-18(25)23-24-20(26)14-11-16(28-2)19(30-4)17(12-14)29-3/h5-8,11-12H,9-10H2,1-4H3,(H,22,27)(H,23,25)(H,24,26). The van der Waals surface area contributed by atoms with E-state index in [1.165, 1.54) is 33.5 Å². The summed E-state index contributed by atoms with van der Waals surface area (Å²) in [5.41, 5.74) is 6.22. The molecule has 2 rings (SSSR count). The Morgan fingerprint density at radius 1 is 0.867 bits per heavy atom. The minimum atomic E-state index is -0.563. The number of amides is 3. The quantitative estimate of drug-likeness (QED) is 0.564. The number of carbonyl (C=O) groups is 3. The van der Waals surface area contributed by atoms with E-state index >= 15 is 0 Å². The Hall–Kier alpha value is -3.75. The normalized spacial score (nSPS) is 10.0. The fourth-order valence-corrected chi connectivity index (χ4v) is 2.69. The lowest BCUT2D eigenvalue weighted by atomic mass is 10.1. The van der Waals surface area contributed by atoms with Crippen LogP contribution in [-0.2, 0) is 4.79 Å². The molecule has 0 radical (unpaired) electrons. The summed E-state index contributed by atoms with van der Waals surface area (Å²) < 4.78 is 15.6. The second-order valence-corrected chi connectivity index (χ2v) is 6.24. The third-order valence-electron chi connectivity index (χ3n) is 4.27. The van der Waals surface area contributed by atoms with E-state index in [4.69, 9.17) is 14.2 Å². The first-order chi connectivity index (χ1) is 14.4. The Bertz CT molecular complexity index is 904. The summed E-state index contributed by atoms with van der Waals surface area (Å²) in [6, 6.07) is 10.1. The van der Waals surface area contributed by atoms with Crippen LogP contribution in [0.15, 0.2) is 36.4 Å². The number of ether oxygens (including phenoxy) is 3. The molecule has 0 unspecified atom stereocenters. The van der Waals surface area contributed by atoms with E-state index in [0.717, 1.165) is 5.56 Å². The molecule has 0 spiro atoms. The van der Waals surface area contributed by atoms with Crippen molar-refractivity contribution in [3.05, 3.63) is 53.1 Å². The lowest BCUT2D eigenvalue weighted by Crippen LogP contribution is -2.42. The minimum Gasteiger partial charge on any atom is -0.493 e. The number of carbonyl (C=O) groups excluding carboxylic acids is 3. The zero-order valence-electron chi connectivity index (χ0n) is 17.3. The summed E-state index contributed by atoms with van der Waals surface area (Å²) in [7, 11) is 4.33. The Morgan fingerprint density at radius 2 is 1.50 bits per heavy atom. The molecule has 0 fully saturated rings. The molecule has 9 nitrogen and oxygen atoms in total. The molecule has 0 aliphatic carbocycles. The molecule has 30 heavy (non-hydrogen) atoms. The highest BCUT2D eigenvalue weighted by Gasteiger charge is 2.17. The van der Waals surface area contributed by atoms with Gasteiger partial charge < -0.3 is 19.5 Å². The summed E-state index contributed by atoms with van der Waals surface area (Å²) >= 11 is 0. The summed E-state index contributed by atoms with van der Waals surface area (Å²) in [5, 5.41) is 2.67. The van der Waals surface area contributed by atoms with Crippen LogP contribution in [0.1, 0.15) is 32.7 Å². The highest BCUT2D eigenvalue weighted by Crippen LogP contribution is 2.38. The van der Waals surface area contributed by atoms with Crippen molar-refractivity contribution in [1.29, 1.82) is 0 Å². The van der Waals surface area contributed by atoms with Crippen molar-refractivity contribution in [3.63, 3.8) is 0 Å². The van der Waals surface area contributed by atoms with Crippen LogP contribution in [0.5, 0.6) is 17.2 Å². The number of hydrazine groups is 1. The van der Waals surface area contributed by atoms with E-state index in [9.17, 15) is 14.4 Å². The summed E-state index contributed by atoms with van der Waals surface area (Å²) in [6.45, 7) is 1.96. The van der Waals surface area contributed by atoms with Gasteiger partial charge in [-0.05, 0) is 30.7 Å². The zero-order chi connectivity index (χ0) is 22.1. The topological polar surface area (TPSA) is 115 Å². The van der Waals surface area contributed by atoms with E-state index in [0.29, 0.717) is 22.8 Å². The monoisotopic (exact) mass is 415 g/mol. The van der Waals surface area contributed by atoms with Gasteiger partial charge in [-0.15, -0.1) is 0 Å². The van der Waals surface area contributed by atoms with Gasteiger partial charge in [-0.1, -0.05) is 18.2 Å². The Labute approximate surface area is 174 Å². The number of benzene rings is 2. The van der Waals surface area contributed by atoms with E-state index < -0.39 is 11.8 Å². The van der Waals surface area contributed by atoms with Crippen molar-refractivity contribution in [2.75, 3.05) is 27.9 Å². The molecule has 0 aliphatic rings. The maximum atomic E-state index is 12.3. The Balaban J connectivity index is 1.87. The minimum absolute atomic E-state index is 0.00679. The molecule has 0 aliphatic heterocycles. The van der Waals surface area contributed by atoms with Gasteiger partial charge in [0.05, 0.1) is 21.3 Å². The van der Waals surface area contributed by atoms with Gasteiger partial charge in [-0.2, -0.15) is 0 Å². The van der Waals surface area contributed by atoms with Gasteiger partial charge in [0, 0.05) is 24.1 Å². The van der Waals surface area contributed by atoms with Crippen molar-refractivity contribution in [3.8, 4) is 17.2 Å². The van der Waals surface area contributed by atoms with Crippen LogP contribution in [-0.4, -0.2) is 45.6 Å². The van der Waals surface area contributed by atoms with Gasteiger partial charge >= 0.3 is 0 Å². The van der Waals surface area contributed by atoms with Crippen LogP contribution >= 0.6 is 0 Å². The van der Waals surface area contributed by atoms with Crippen molar-refractivity contribution < 1.29 is 28.6 Å². The fraction of sp³-hybridized carbons (Fsp3) is 0.286. The number of hydrogen-bond donors (Lipinski definition) is 3. The van der Waals surface area contributed by atoms with Crippen molar-refractivity contribution in [2.24, 2.45) is 0 Å². The molecule has 3 amide bonds. The average molecular weight is 415 g/mol. The number of hydrogen-bond acceptors (Lipinski definition) is 6. The molecule has 0 heterocycles. The van der Waals surface area contributed by atoms with Crippen LogP contribution < -0.4 is 30.4 Å². The Kier molecular flexibility index (Phi) is 8.04. The lowest BCUT2D eigenvalue weighted by molar-refractivity contribution is -0.121. The summed E-state index contributed by atoms with van der Waals surface area (Å²) in [6.07, 6.45) is -0.00679. The molecule has 0 saturated carbocycles. The van der Waals surface area contributed by atoms with Crippen LogP contribution in [0.25, 0.3) is 0 Å². The second-order valence-electron chi connectivity index (χ2n) is 6.24. The first-order valence-corrected chi connectivity index (χ1v) is 9.14. The number of nitrogens with one attached hydrogen (secondary N) is 3. The molecular formula is C21H25N3O6. The zero-order valence-corrected chi connectivity index (χ0v) is 17.3. The van der Waals surface area contributed by atoms with E-state index in [2.05, 4.69) is 16.2 Å². The maximum Gasteiger partial charge on any atom is 0.269 e. The first-order valence-electron chi connectivity index (χ1n) is 9.14. The molecule has 0 bridgehead atoms. The lowest BCUT2D eigenvalue weighted by Gasteiger charge is -2.14. The molecule has 3 N–H and O–H groups in total. The van der Waals surface area contributed by atoms with Crippen LogP contribution in [0.4, 0.5) is 0 Å². The van der Waals surface area contributed by atoms with Gasteiger partial charge in [0.25, 0.3) is 11.8 Å². The van der Waals surface area contributed by atoms with Crippen LogP contribution in [0.3, 0.4) is 0 Å². The number of methoxy groups -OCH3 is 3. The second kappa shape index (κ2) is 10.7. The third-order valence-corrected chi connectivity index (χ3v) is 4.27. The van der Waals surface area contributed by atoms with E-state index in [1.807, 2.05) is 19.1 Å². The fourth-order valence-electron chi connectivity index (χ4n) is 2.69. The van der Waals surface area contributed by atoms with E-state index in [-0.39, 0.29) is 24.4 Å².